The highest BCUT2D eigenvalue weighted by molar-refractivity contribution is 5.79. The second-order valence-corrected chi connectivity index (χ2v) is 6.64. The van der Waals surface area contributed by atoms with Crippen LogP contribution in [0.4, 0.5) is 23.5 Å². The number of alkyl halides is 1. The molecule has 1 aliphatic rings. The maximum atomic E-state index is 13.8. The Labute approximate surface area is 152 Å². The first-order valence-electron chi connectivity index (χ1n) is 8.52. The van der Waals surface area contributed by atoms with Crippen molar-refractivity contribution < 1.29 is 17.6 Å². The van der Waals surface area contributed by atoms with Crippen LogP contribution in [0.25, 0.3) is 11.0 Å². The van der Waals surface area contributed by atoms with E-state index in [1.807, 2.05) is 0 Å². The number of fused-ring (bicyclic) bond motifs is 1. The Morgan fingerprint density at radius 1 is 1.15 bits per heavy atom. The van der Waals surface area contributed by atoms with Crippen molar-refractivity contribution in [1.29, 1.82) is 0 Å². The molecular weight excluding hydrogens is 362 g/mol. The summed E-state index contributed by atoms with van der Waals surface area (Å²) in [5.74, 6) is -2.05. The summed E-state index contributed by atoms with van der Waals surface area (Å²) in [6.45, 7) is 0.772. The van der Waals surface area contributed by atoms with Crippen LogP contribution in [0.1, 0.15) is 12.1 Å². The molecule has 0 bridgehead atoms. The number of nitrogens with two attached hydrogens (primary N) is 1. The van der Waals surface area contributed by atoms with Gasteiger partial charge in [-0.25, -0.2) is 22.5 Å². The summed E-state index contributed by atoms with van der Waals surface area (Å²) >= 11 is 0. The highest BCUT2D eigenvalue weighted by Gasteiger charge is 2.29. The normalized spacial score (nSPS) is 20.4. The van der Waals surface area contributed by atoms with Crippen molar-refractivity contribution in [3.05, 3.63) is 53.6 Å². The summed E-state index contributed by atoms with van der Waals surface area (Å²) in [7, 11) is 0. The number of hydrogen-bond acceptors (Lipinski definition) is 4. The van der Waals surface area contributed by atoms with Gasteiger partial charge >= 0.3 is 0 Å². The van der Waals surface area contributed by atoms with E-state index >= 15 is 0 Å². The lowest BCUT2D eigenvalue weighted by atomic mass is 10.1. The summed E-state index contributed by atoms with van der Waals surface area (Å²) in [4.78, 5) is 10.2. The molecule has 3 heterocycles. The molecule has 0 aliphatic carbocycles. The van der Waals surface area contributed by atoms with Crippen LogP contribution in [0.3, 0.4) is 0 Å². The zero-order valence-electron chi connectivity index (χ0n) is 14.2. The van der Waals surface area contributed by atoms with Gasteiger partial charge in [0.05, 0.1) is 35.5 Å². The van der Waals surface area contributed by atoms with Crippen molar-refractivity contribution in [2.24, 2.45) is 5.73 Å². The summed E-state index contributed by atoms with van der Waals surface area (Å²) in [6, 6.07) is 4.18. The average Bonchev–Trinajstić information content (AvgIpc) is 2.97. The van der Waals surface area contributed by atoms with E-state index < -0.39 is 29.7 Å². The Bertz CT molecular complexity index is 972. The molecule has 3 aromatic rings. The molecule has 0 saturated carbocycles. The van der Waals surface area contributed by atoms with Gasteiger partial charge in [-0.15, -0.1) is 0 Å². The summed E-state index contributed by atoms with van der Waals surface area (Å²) in [6.07, 6.45) is 0.216. The highest BCUT2D eigenvalue weighted by atomic mass is 19.2. The van der Waals surface area contributed by atoms with Gasteiger partial charge in [0.1, 0.15) is 12.0 Å². The second kappa shape index (κ2) is 6.80. The molecule has 2 unspecified atom stereocenters. The van der Waals surface area contributed by atoms with E-state index in [1.54, 1.807) is 9.47 Å². The lowest BCUT2D eigenvalue weighted by molar-refractivity contribution is 0.243. The Morgan fingerprint density at radius 3 is 2.63 bits per heavy atom. The molecule has 0 radical (unpaired) electrons. The molecule has 2 atom stereocenters. The minimum Gasteiger partial charge on any atom is -0.340 e. The van der Waals surface area contributed by atoms with Crippen LogP contribution < -0.4 is 10.6 Å². The Kier molecular flexibility index (Phi) is 4.47. The molecule has 5 nitrogen and oxygen atoms in total. The van der Waals surface area contributed by atoms with Gasteiger partial charge in [0.25, 0.3) is 0 Å². The van der Waals surface area contributed by atoms with E-state index in [1.165, 1.54) is 12.1 Å². The van der Waals surface area contributed by atoms with Crippen LogP contribution in [0.2, 0.25) is 0 Å². The standard InChI is InChI=1S/C18H17F4N5/c19-10-1-2-11(24-7-10)8-27-17-6-14(22)13(21)5-16(17)25-18(27)26-4-3-12(20)15(23)9-26/h1-2,5-7,12,15H,3-4,8-9,23H2. The molecule has 1 fully saturated rings. The number of halogens is 4. The number of aromatic nitrogens is 3. The first kappa shape index (κ1) is 17.7. The number of piperidine rings is 1. The summed E-state index contributed by atoms with van der Waals surface area (Å²) in [5.41, 5.74) is 6.99. The van der Waals surface area contributed by atoms with E-state index in [0.717, 1.165) is 18.3 Å². The number of pyridine rings is 1. The van der Waals surface area contributed by atoms with Gasteiger partial charge in [0.2, 0.25) is 5.95 Å². The number of hydrogen-bond donors (Lipinski definition) is 1. The Hall–Kier alpha value is -2.68. The monoisotopic (exact) mass is 379 g/mol. The summed E-state index contributed by atoms with van der Waals surface area (Å²) < 4.78 is 56.0. The lowest BCUT2D eigenvalue weighted by Gasteiger charge is -2.34. The molecular formula is C18H17F4N5. The van der Waals surface area contributed by atoms with E-state index in [0.29, 0.717) is 23.7 Å². The van der Waals surface area contributed by atoms with Gasteiger partial charge in [-0.1, -0.05) is 0 Å². The molecule has 0 amide bonds. The fourth-order valence-corrected chi connectivity index (χ4v) is 3.30. The summed E-state index contributed by atoms with van der Waals surface area (Å²) in [5, 5.41) is 0. The molecule has 2 N–H and O–H groups in total. The first-order valence-corrected chi connectivity index (χ1v) is 8.52. The molecule has 142 valence electrons. The number of imidazole rings is 1. The van der Waals surface area contributed by atoms with Crippen molar-refractivity contribution >= 4 is 17.0 Å². The van der Waals surface area contributed by atoms with Crippen molar-refractivity contribution in [2.45, 2.75) is 25.2 Å². The Morgan fingerprint density at radius 2 is 1.93 bits per heavy atom. The van der Waals surface area contributed by atoms with Crippen LogP contribution in [0.5, 0.6) is 0 Å². The van der Waals surface area contributed by atoms with Crippen molar-refractivity contribution in [1.82, 2.24) is 14.5 Å². The third-order valence-corrected chi connectivity index (χ3v) is 4.73. The van der Waals surface area contributed by atoms with Crippen LogP contribution in [0.15, 0.2) is 30.5 Å². The molecule has 9 heteroatoms. The van der Waals surface area contributed by atoms with Crippen LogP contribution in [0, 0.1) is 17.5 Å². The highest BCUT2D eigenvalue weighted by Crippen LogP contribution is 2.28. The smallest absolute Gasteiger partial charge is 0.206 e. The topological polar surface area (TPSA) is 60.0 Å². The van der Waals surface area contributed by atoms with E-state index in [4.69, 9.17) is 5.73 Å². The van der Waals surface area contributed by atoms with Gasteiger partial charge in [0.15, 0.2) is 11.6 Å². The van der Waals surface area contributed by atoms with E-state index in [2.05, 4.69) is 9.97 Å². The van der Waals surface area contributed by atoms with Crippen molar-refractivity contribution in [3.63, 3.8) is 0 Å². The lowest BCUT2D eigenvalue weighted by Crippen LogP contribution is -2.50. The van der Waals surface area contributed by atoms with Crippen LogP contribution in [-0.2, 0) is 6.54 Å². The third kappa shape index (κ3) is 3.34. The molecule has 1 saturated heterocycles. The van der Waals surface area contributed by atoms with Gasteiger partial charge in [-0.3, -0.25) is 4.98 Å². The minimum atomic E-state index is -1.10. The predicted molar refractivity (Wildman–Crippen MR) is 92.6 cm³/mol. The molecule has 1 aliphatic heterocycles. The molecule has 1 aromatic carbocycles. The van der Waals surface area contributed by atoms with E-state index in [-0.39, 0.29) is 25.0 Å². The zero-order valence-corrected chi connectivity index (χ0v) is 14.2. The van der Waals surface area contributed by atoms with Gasteiger partial charge in [0, 0.05) is 25.2 Å². The molecule has 0 spiro atoms. The first-order chi connectivity index (χ1) is 12.9. The van der Waals surface area contributed by atoms with Crippen LogP contribution in [-0.4, -0.2) is 39.8 Å². The van der Waals surface area contributed by atoms with Crippen molar-refractivity contribution in [3.8, 4) is 0 Å². The fraction of sp³-hybridized carbons (Fsp3) is 0.333. The fourth-order valence-electron chi connectivity index (χ4n) is 3.30. The number of rotatable bonds is 3. The zero-order chi connectivity index (χ0) is 19.1. The van der Waals surface area contributed by atoms with Gasteiger partial charge in [-0.05, 0) is 18.6 Å². The number of nitrogens with zero attached hydrogens (tertiary/aromatic N) is 4. The van der Waals surface area contributed by atoms with E-state index in [9.17, 15) is 17.6 Å². The molecule has 27 heavy (non-hydrogen) atoms. The van der Waals surface area contributed by atoms with Crippen LogP contribution >= 0.6 is 0 Å². The molecule has 2 aromatic heterocycles. The second-order valence-electron chi connectivity index (χ2n) is 6.64. The SMILES string of the molecule is NC1CN(c2nc3cc(F)c(F)cc3n2Cc2ccc(F)cn2)CCC1F. The number of anilines is 1. The molecule has 4 rings (SSSR count). The van der Waals surface area contributed by atoms with Crippen molar-refractivity contribution in [2.75, 3.05) is 18.0 Å². The minimum absolute atomic E-state index is 0.169. The quantitative estimate of drug-likeness (QED) is 0.711. The number of benzene rings is 1. The predicted octanol–water partition coefficient (Wildman–Crippen LogP) is 2.77. The third-order valence-electron chi connectivity index (χ3n) is 4.73. The van der Waals surface area contributed by atoms with Gasteiger partial charge in [-0.2, -0.15) is 0 Å². The largest absolute Gasteiger partial charge is 0.340 e. The average molecular weight is 379 g/mol. The maximum absolute atomic E-state index is 13.8. The van der Waals surface area contributed by atoms with Gasteiger partial charge < -0.3 is 15.2 Å². The maximum Gasteiger partial charge on any atom is 0.206 e. The Balaban J connectivity index is 1.80.